The van der Waals surface area contributed by atoms with Crippen LogP contribution in [0, 0.1) is 39.4 Å². The normalized spacial score (nSPS) is 29.9. The zero-order valence-electron chi connectivity index (χ0n) is 37.7. The van der Waals surface area contributed by atoms with Crippen molar-refractivity contribution < 1.29 is 44.7 Å². The molecule has 0 aliphatic heterocycles. The van der Waals surface area contributed by atoms with Crippen LogP contribution in [0.25, 0.3) is 0 Å². The number of esters is 1. The molecule has 3 unspecified atom stereocenters. The predicted octanol–water partition coefficient (Wildman–Crippen LogP) is 9.82. The van der Waals surface area contributed by atoms with Crippen molar-refractivity contribution in [2.24, 2.45) is 39.4 Å². The highest BCUT2D eigenvalue weighted by Gasteiger charge is 2.63. The van der Waals surface area contributed by atoms with Gasteiger partial charge in [0.15, 0.2) is 5.78 Å². The van der Waals surface area contributed by atoms with E-state index in [1.807, 2.05) is 26.0 Å². The van der Waals surface area contributed by atoms with E-state index < -0.39 is 30.1 Å². The van der Waals surface area contributed by atoms with Crippen LogP contribution in [0.4, 0.5) is 0 Å². The van der Waals surface area contributed by atoms with Crippen LogP contribution in [0.1, 0.15) is 150 Å². The third-order valence-electron chi connectivity index (χ3n) is 15.8. The van der Waals surface area contributed by atoms with Crippen molar-refractivity contribution in [3.8, 4) is 11.5 Å². The van der Waals surface area contributed by atoms with Crippen molar-refractivity contribution in [1.29, 1.82) is 0 Å². The molecule has 0 saturated heterocycles. The molecule has 0 radical (unpaired) electrons. The maximum atomic E-state index is 13.5. The maximum absolute atomic E-state index is 13.5. The van der Waals surface area contributed by atoms with Crippen LogP contribution in [0.5, 0.6) is 11.5 Å². The van der Waals surface area contributed by atoms with Crippen molar-refractivity contribution in [2.45, 2.75) is 151 Å². The van der Waals surface area contributed by atoms with Crippen molar-refractivity contribution in [3.63, 3.8) is 0 Å². The number of carbonyl (C=O) groups excluding carboxylic acids is 3. The van der Waals surface area contributed by atoms with E-state index in [1.54, 1.807) is 0 Å². The lowest BCUT2D eigenvalue weighted by molar-refractivity contribution is -0.155. The van der Waals surface area contributed by atoms with Gasteiger partial charge in [-0.25, -0.2) is 4.79 Å². The van der Waals surface area contributed by atoms with Gasteiger partial charge in [-0.15, -0.1) is 0 Å². The van der Waals surface area contributed by atoms with Crippen LogP contribution >= 0.6 is 0 Å². The molecule has 9 heteroatoms. The van der Waals surface area contributed by atoms with Crippen LogP contribution in [0.15, 0.2) is 76.4 Å². The van der Waals surface area contributed by atoms with Gasteiger partial charge in [0, 0.05) is 17.4 Å². The molecule has 4 aliphatic carbocycles. The summed E-state index contributed by atoms with van der Waals surface area (Å²) in [5.41, 5.74) is 2.71. The number of fused-ring (bicyclic) bond motifs is 5. The lowest BCUT2D eigenvalue weighted by Gasteiger charge is -2.59. The van der Waals surface area contributed by atoms with Crippen LogP contribution in [0.2, 0.25) is 0 Å². The van der Waals surface area contributed by atoms with E-state index >= 15 is 0 Å². The summed E-state index contributed by atoms with van der Waals surface area (Å²) in [7, 11) is 0. The Labute approximate surface area is 358 Å². The number of hydrogen-bond acceptors (Lipinski definition) is 9. The standard InChI is InChI=1S/C51H72O9/c1-32(12-10-14-33(2)30-52)13-11-15-35(28-42(55)37-29-36(53)17-19-41(37)54)46(58)60-31-51(9,59)45(57)21-16-34(3)38-22-26-50(8)40-18-20-43-47(4,5)44(56)24-25-48(43,6)39(40)23-27-49(38,50)7/h13-14,17-19,23,28-29,34,38,43,45,52-54,57,59H,10-12,15-16,20-22,24-27,30-31H2,1-9H3/b32-13+,33-14+,35-28-/t34?,38-,43+,45?,48-,49-,50+,51?/m1/s1. The Kier molecular flexibility index (Phi) is 14.4. The third kappa shape index (κ3) is 9.34. The zero-order valence-corrected chi connectivity index (χ0v) is 37.7. The van der Waals surface area contributed by atoms with Crippen molar-refractivity contribution >= 4 is 17.5 Å². The van der Waals surface area contributed by atoms with Gasteiger partial charge < -0.3 is 30.3 Å². The Morgan fingerprint density at radius 3 is 2.35 bits per heavy atom. The summed E-state index contributed by atoms with van der Waals surface area (Å²) in [5.74, 6) is -0.707. The fourth-order valence-electron chi connectivity index (χ4n) is 11.5. The Bertz CT molecular complexity index is 1960. The van der Waals surface area contributed by atoms with Gasteiger partial charge in [-0.2, -0.15) is 0 Å². The number of aliphatic hydroxyl groups excluding tert-OH is 2. The topological polar surface area (TPSA) is 162 Å². The van der Waals surface area contributed by atoms with Gasteiger partial charge in [-0.1, -0.05) is 77.0 Å². The summed E-state index contributed by atoms with van der Waals surface area (Å²) < 4.78 is 5.60. The first-order valence-electron chi connectivity index (χ1n) is 22.2. The second kappa shape index (κ2) is 18.3. The van der Waals surface area contributed by atoms with E-state index in [2.05, 4.69) is 53.7 Å². The quantitative estimate of drug-likeness (QED) is 0.0339. The van der Waals surface area contributed by atoms with Gasteiger partial charge in [-0.05, 0) is 161 Å². The van der Waals surface area contributed by atoms with Gasteiger partial charge in [0.1, 0.15) is 29.5 Å². The monoisotopic (exact) mass is 829 g/mol. The Hall–Kier alpha value is -3.79. The lowest BCUT2D eigenvalue weighted by Crippen LogP contribution is -2.53. The number of Topliss-reactive ketones (excluding diaryl/α,β-unsaturated/α-hetero) is 1. The first kappa shape index (κ1) is 47.3. The molecule has 330 valence electrons. The second-order valence-electron chi connectivity index (χ2n) is 20.3. The first-order valence-corrected chi connectivity index (χ1v) is 22.2. The number of carbonyl (C=O) groups is 3. The Morgan fingerprint density at radius 2 is 1.65 bits per heavy atom. The van der Waals surface area contributed by atoms with E-state index in [0.717, 1.165) is 68.2 Å². The highest BCUT2D eigenvalue weighted by Crippen LogP contribution is 2.71. The highest BCUT2D eigenvalue weighted by molar-refractivity contribution is 6.10. The molecule has 0 heterocycles. The zero-order chi connectivity index (χ0) is 44.4. The molecule has 0 aromatic heterocycles. The predicted molar refractivity (Wildman–Crippen MR) is 235 cm³/mol. The summed E-state index contributed by atoms with van der Waals surface area (Å²) in [6, 6.07) is 3.58. The Balaban J connectivity index is 1.23. The van der Waals surface area contributed by atoms with Crippen LogP contribution in [-0.2, 0) is 14.3 Å². The number of hydrogen-bond donors (Lipinski definition) is 5. The molecule has 60 heavy (non-hydrogen) atoms. The highest BCUT2D eigenvalue weighted by atomic mass is 16.5. The summed E-state index contributed by atoms with van der Waals surface area (Å²) in [6.45, 7) is 18.6. The molecule has 1 aromatic carbocycles. The molecule has 2 fully saturated rings. The molecular weight excluding hydrogens is 757 g/mol. The summed E-state index contributed by atoms with van der Waals surface area (Å²) >= 11 is 0. The molecule has 0 bridgehead atoms. The summed E-state index contributed by atoms with van der Waals surface area (Å²) in [5, 5.41) is 52.3. The van der Waals surface area contributed by atoms with Gasteiger partial charge in [-0.3, -0.25) is 9.59 Å². The fourth-order valence-corrected chi connectivity index (χ4v) is 11.5. The number of aromatic hydroxyl groups is 2. The number of phenols is 2. The molecule has 0 spiro atoms. The largest absolute Gasteiger partial charge is 0.508 e. The van der Waals surface area contributed by atoms with Gasteiger partial charge in [0.2, 0.25) is 0 Å². The molecule has 9 nitrogen and oxygen atoms in total. The van der Waals surface area contributed by atoms with Crippen LogP contribution in [-0.4, -0.2) is 68.0 Å². The van der Waals surface area contributed by atoms with E-state index in [9.17, 15) is 39.9 Å². The number of phenolic OH excluding ortho intramolecular Hbond substituents is 2. The van der Waals surface area contributed by atoms with E-state index in [-0.39, 0.29) is 63.2 Å². The lowest BCUT2D eigenvalue weighted by atomic mass is 9.44. The molecule has 5 rings (SSSR count). The summed E-state index contributed by atoms with van der Waals surface area (Å²) in [6.07, 6.45) is 17.5. The molecule has 2 saturated carbocycles. The number of rotatable bonds is 17. The minimum Gasteiger partial charge on any atom is -0.508 e. The van der Waals surface area contributed by atoms with Crippen molar-refractivity contribution in [2.75, 3.05) is 13.2 Å². The number of ether oxygens (including phenoxy) is 1. The Morgan fingerprint density at radius 1 is 0.967 bits per heavy atom. The molecule has 8 atom stereocenters. The second-order valence-corrected chi connectivity index (χ2v) is 20.3. The average molecular weight is 829 g/mol. The van der Waals surface area contributed by atoms with Gasteiger partial charge >= 0.3 is 5.97 Å². The number of ketones is 2. The van der Waals surface area contributed by atoms with Gasteiger partial charge in [0.25, 0.3) is 0 Å². The maximum Gasteiger partial charge on any atom is 0.334 e. The minimum absolute atomic E-state index is 0.00537. The molecule has 5 N–H and O–H groups in total. The summed E-state index contributed by atoms with van der Waals surface area (Å²) in [4.78, 5) is 39.8. The van der Waals surface area contributed by atoms with E-state index in [4.69, 9.17) is 4.74 Å². The van der Waals surface area contributed by atoms with Crippen LogP contribution in [0.3, 0.4) is 0 Å². The molecule has 4 aliphatic rings. The molecule has 0 amide bonds. The molecular formula is C51H72O9. The van der Waals surface area contributed by atoms with E-state index in [1.165, 1.54) is 30.2 Å². The van der Waals surface area contributed by atoms with E-state index in [0.29, 0.717) is 43.3 Å². The first-order chi connectivity index (χ1) is 28.0. The van der Waals surface area contributed by atoms with Crippen LogP contribution < -0.4 is 0 Å². The smallest absolute Gasteiger partial charge is 0.334 e. The SMILES string of the molecule is C/C(=C\CC/C(C)=C/CC/C(=C/C(=O)c1cc(O)ccc1O)C(=O)OCC(C)(O)C(O)CCC(C)[C@H]1CC[C@@]2(C)C3=CC[C@H]4C(C)(C)C(=O)CC[C@]4(C)C3=CC[C@]12C)CO. The third-order valence-corrected chi connectivity index (χ3v) is 15.8. The van der Waals surface area contributed by atoms with Crippen molar-refractivity contribution in [3.05, 3.63) is 82.0 Å². The number of aliphatic hydroxyl groups is 3. The minimum atomic E-state index is -1.75. The van der Waals surface area contributed by atoms with Crippen molar-refractivity contribution in [1.82, 2.24) is 0 Å². The fraction of sp³-hybridized carbons (Fsp3) is 0.627. The number of allylic oxidation sites excluding steroid dienone is 8. The van der Waals surface area contributed by atoms with Gasteiger partial charge in [0.05, 0.1) is 18.3 Å². The average Bonchev–Trinajstić information content (AvgIpc) is 3.48. The molecule has 1 aromatic rings. The number of benzene rings is 1.